The van der Waals surface area contributed by atoms with E-state index >= 15 is 0 Å². The molecule has 0 fully saturated rings. The lowest BCUT2D eigenvalue weighted by atomic mass is 10.1. The number of nitrogens with zero attached hydrogens (tertiary/aromatic N) is 1. The van der Waals surface area contributed by atoms with Gasteiger partial charge in [-0.05, 0) is 19.1 Å². The molecule has 19 heavy (non-hydrogen) atoms. The summed E-state index contributed by atoms with van der Waals surface area (Å²) in [6.45, 7) is 2.03. The molecular formula is C15H12N2OS. The molecule has 3 nitrogen and oxygen atoms in total. The Morgan fingerprint density at radius 3 is 2.53 bits per heavy atom. The molecular weight excluding hydrogens is 256 g/mol. The van der Waals surface area contributed by atoms with E-state index in [1.807, 2.05) is 43.3 Å². The van der Waals surface area contributed by atoms with E-state index in [2.05, 4.69) is 0 Å². The molecule has 1 aromatic carbocycles. The molecule has 0 aliphatic heterocycles. The summed E-state index contributed by atoms with van der Waals surface area (Å²) in [5.74, 6) is 1.30. The van der Waals surface area contributed by atoms with Gasteiger partial charge < -0.3 is 10.2 Å². The molecule has 2 N–H and O–H groups in total. The van der Waals surface area contributed by atoms with E-state index in [9.17, 15) is 0 Å². The van der Waals surface area contributed by atoms with Gasteiger partial charge in [0.05, 0.1) is 5.57 Å². The van der Waals surface area contributed by atoms with Crippen LogP contribution in [0.3, 0.4) is 0 Å². The number of aryl methyl sites for hydroxylation is 1. The molecule has 2 rings (SSSR count). The average Bonchev–Trinajstić information content (AvgIpc) is 2.85. The number of thiocarbonyl (C=S) groups is 1. The predicted molar refractivity (Wildman–Crippen MR) is 79.3 cm³/mol. The van der Waals surface area contributed by atoms with Crippen molar-refractivity contribution < 1.29 is 4.42 Å². The highest BCUT2D eigenvalue weighted by molar-refractivity contribution is 7.80. The van der Waals surface area contributed by atoms with Gasteiger partial charge in [-0.1, -0.05) is 42.0 Å². The SMILES string of the molecule is Cc1ccc(-c2ccc(/C=C(/C#N)C(N)=S)o2)cc1. The Labute approximate surface area is 117 Å². The van der Waals surface area contributed by atoms with E-state index in [4.69, 9.17) is 27.6 Å². The fraction of sp³-hybridized carbons (Fsp3) is 0.0667. The highest BCUT2D eigenvalue weighted by Gasteiger charge is 2.05. The second-order valence-electron chi connectivity index (χ2n) is 4.10. The minimum Gasteiger partial charge on any atom is -0.457 e. The van der Waals surface area contributed by atoms with E-state index in [1.54, 1.807) is 12.1 Å². The van der Waals surface area contributed by atoms with E-state index < -0.39 is 0 Å². The second kappa shape index (κ2) is 5.51. The topological polar surface area (TPSA) is 63.0 Å². The molecule has 94 valence electrons. The van der Waals surface area contributed by atoms with Crippen LogP contribution < -0.4 is 5.73 Å². The first-order valence-corrected chi connectivity index (χ1v) is 6.09. The van der Waals surface area contributed by atoms with Crippen molar-refractivity contribution in [3.05, 3.63) is 53.3 Å². The summed E-state index contributed by atoms with van der Waals surface area (Å²) in [4.78, 5) is 0.0655. The summed E-state index contributed by atoms with van der Waals surface area (Å²) >= 11 is 4.78. The third-order valence-electron chi connectivity index (χ3n) is 2.64. The van der Waals surface area contributed by atoms with Gasteiger partial charge in [0.2, 0.25) is 0 Å². The number of hydrogen-bond donors (Lipinski definition) is 1. The van der Waals surface area contributed by atoms with Crippen LogP contribution >= 0.6 is 12.2 Å². The monoisotopic (exact) mass is 268 g/mol. The zero-order valence-corrected chi connectivity index (χ0v) is 11.2. The summed E-state index contributed by atoms with van der Waals surface area (Å²) < 4.78 is 5.65. The van der Waals surface area contributed by atoms with Gasteiger partial charge in [-0.2, -0.15) is 5.26 Å². The molecule has 0 saturated carbocycles. The molecule has 2 aromatic rings. The van der Waals surface area contributed by atoms with Crippen LogP contribution in [0.2, 0.25) is 0 Å². The minimum atomic E-state index is 0.0655. The molecule has 0 spiro atoms. The lowest BCUT2D eigenvalue weighted by Crippen LogP contribution is -2.09. The van der Waals surface area contributed by atoms with Gasteiger partial charge in [-0.25, -0.2) is 0 Å². The lowest BCUT2D eigenvalue weighted by molar-refractivity contribution is 0.571. The van der Waals surface area contributed by atoms with E-state index in [1.165, 1.54) is 5.56 Å². The Balaban J connectivity index is 2.32. The van der Waals surface area contributed by atoms with Crippen LogP contribution in [-0.4, -0.2) is 4.99 Å². The number of nitriles is 1. The zero-order valence-electron chi connectivity index (χ0n) is 10.4. The van der Waals surface area contributed by atoms with Crippen LogP contribution in [-0.2, 0) is 0 Å². The fourth-order valence-corrected chi connectivity index (χ4v) is 1.71. The summed E-state index contributed by atoms with van der Waals surface area (Å²) in [6.07, 6.45) is 1.54. The van der Waals surface area contributed by atoms with Gasteiger partial charge in [0.1, 0.15) is 22.6 Å². The van der Waals surface area contributed by atoms with Crippen molar-refractivity contribution in [1.29, 1.82) is 5.26 Å². The van der Waals surface area contributed by atoms with Crippen molar-refractivity contribution in [2.75, 3.05) is 0 Å². The number of rotatable bonds is 3. The molecule has 0 saturated heterocycles. The molecule has 0 amide bonds. The molecule has 0 radical (unpaired) electrons. The maximum absolute atomic E-state index is 8.88. The highest BCUT2D eigenvalue weighted by atomic mass is 32.1. The molecule has 1 aromatic heterocycles. The van der Waals surface area contributed by atoms with Crippen molar-refractivity contribution in [2.45, 2.75) is 6.92 Å². The van der Waals surface area contributed by atoms with Crippen molar-refractivity contribution >= 4 is 23.3 Å². The minimum absolute atomic E-state index is 0.0655. The highest BCUT2D eigenvalue weighted by Crippen LogP contribution is 2.23. The van der Waals surface area contributed by atoms with E-state index in [0.29, 0.717) is 5.76 Å². The summed E-state index contributed by atoms with van der Waals surface area (Å²) in [5, 5.41) is 8.88. The van der Waals surface area contributed by atoms with Gasteiger partial charge in [0.25, 0.3) is 0 Å². The quantitative estimate of drug-likeness (QED) is 0.526. The largest absolute Gasteiger partial charge is 0.457 e. The van der Waals surface area contributed by atoms with Gasteiger partial charge in [-0.15, -0.1) is 0 Å². The average molecular weight is 268 g/mol. The van der Waals surface area contributed by atoms with Crippen molar-refractivity contribution in [3.8, 4) is 17.4 Å². The first kappa shape index (κ1) is 13.1. The number of furan rings is 1. The molecule has 0 aliphatic carbocycles. The third-order valence-corrected chi connectivity index (χ3v) is 2.86. The first-order chi connectivity index (χ1) is 9.10. The van der Waals surface area contributed by atoms with Gasteiger partial charge >= 0.3 is 0 Å². The van der Waals surface area contributed by atoms with Crippen LogP contribution in [0.15, 0.2) is 46.4 Å². The van der Waals surface area contributed by atoms with Crippen LogP contribution in [0.5, 0.6) is 0 Å². The molecule has 0 unspecified atom stereocenters. The van der Waals surface area contributed by atoms with Crippen LogP contribution in [0.25, 0.3) is 17.4 Å². The van der Waals surface area contributed by atoms with E-state index in [-0.39, 0.29) is 10.6 Å². The van der Waals surface area contributed by atoms with Crippen molar-refractivity contribution in [1.82, 2.24) is 0 Å². The van der Waals surface area contributed by atoms with Crippen molar-refractivity contribution in [3.63, 3.8) is 0 Å². The van der Waals surface area contributed by atoms with Crippen LogP contribution in [0.4, 0.5) is 0 Å². The number of hydrogen-bond acceptors (Lipinski definition) is 3. The predicted octanol–water partition coefficient (Wildman–Crippen LogP) is 3.45. The van der Waals surface area contributed by atoms with Crippen LogP contribution in [0, 0.1) is 18.3 Å². The van der Waals surface area contributed by atoms with Crippen LogP contribution in [0.1, 0.15) is 11.3 Å². The molecule has 0 atom stereocenters. The zero-order chi connectivity index (χ0) is 13.8. The Kier molecular flexibility index (Phi) is 3.79. The van der Waals surface area contributed by atoms with E-state index in [0.717, 1.165) is 11.3 Å². The van der Waals surface area contributed by atoms with Gasteiger partial charge in [-0.3, -0.25) is 0 Å². The Morgan fingerprint density at radius 2 is 1.95 bits per heavy atom. The fourth-order valence-electron chi connectivity index (χ4n) is 1.60. The third kappa shape index (κ3) is 3.09. The molecule has 4 heteroatoms. The lowest BCUT2D eigenvalue weighted by Gasteiger charge is -1.97. The maximum Gasteiger partial charge on any atom is 0.134 e. The molecule has 1 heterocycles. The van der Waals surface area contributed by atoms with Gasteiger partial charge in [0, 0.05) is 11.6 Å². The standard InChI is InChI=1S/C15H12N2OS/c1-10-2-4-11(5-3-10)14-7-6-13(18-14)8-12(9-16)15(17)19/h2-8H,1H3,(H2,17,19)/b12-8-. The second-order valence-corrected chi connectivity index (χ2v) is 4.54. The van der Waals surface area contributed by atoms with Crippen molar-refractivity contribution in [2.24, 2.45) is 5.73 Å². The summed E-state index contributed by atoms with van der Waals surface area (Å²) in [7, 11) is 0. The Morgan fingerprint density at radius 1 is 1.26 bits per heavy atom. The Bertz CT molecular complexity index is 675. The molecule has 0 aliphatic rings. The summed E-state index contributed by atoms with van der Waals surface area (Å²) in [5.41, 5.74) is 7.84. The van der Waals surface area contributed by atoms with Gasteiger partial charge in [0.15, 0.2) is 0 Å². The first-order valence-electron chi connectivity index (χ1n) is 5.68. The normalized spacial score (nSPS) is 11.1. The Hall–Kier alpha value is -2.38. The number of benzene rings is 1. The summed E-state index contributed by atoms with van der Waals surface area (Å²) in [6, 6.07) is 13.6. The molecule has 0 bridgehead atoms. The smallest absolute Gasteiger partial charge is 0.134 e. The number of nitrogens with two attached hydrogens (primary N) is 1. The maximum atomic E-state index is 8.88.